The van der Waals surface area contributed by atoms with E-state index in [4.69, 9.17) is 16.6 Å². The van der Waals surface area contributed by atoms with Gasteiger partial charge in [-0.15, -0.1) is 0 Å². The number of hydrogen-bond donors (Lipinski definition) is 3. The normalized spacial score (nSPS) is 9.06. The van der Waals surface area contributed by atoms with Gasteiger partial charge in [-0.05, 0) is 6.42 Å². The summed E-state index contributed by atoms with van der Waals surface area (Å²) in [7, 11) is 0. The van der Waals surface area contributed by atoms with Crippen molar-refractivity contribution in [2.45, 2.75) is 45.4 Å². The van der Waals surface area contributed by atoms with Gasteiger partial charge in [-0.25, -0.2) is 0 Å². The highest BCUT2D eigenvalue weighted by Gasteiger charge is 2.01. The lowest BCUT2D eigenvalue weighted by Gasteiger charge is -1.90. The maximum atomic E-state index is 10.3. The van der Waals surface area contributed by atoms with Gasteiger partial charge in [0.2, 0.25) is 5.91 Å². The van der Waals surface area contributed by atoms with Gasteiger partial charge in [0.15, 0.2) is 0 Å². The Morgan fingerprint density at radius 1 is 1.06 bits per heavy atom. The van der Waals surface area contributed by atoms with Gasteiger partial charge in [-0.3, -0.25) is 14.4 Å². The minimum absolute atomic E-state index is 0.0475. The minimum atomic E-state index is -0.961. The van der Waals surface area contributed by atoms with Crippen LogP contribution in [0.3, 0.4) is 0 Å². The van der Waals surface area contributed by atoms with Crippen molar-refractivity contribution in [1.29, 1.82) is 0 Å². The molecule has 6 heteroatoms. The minimum Gasteiger partial charge on any atom is -0.481 e. The fourth-order valence-electron chi connectivity index (χ4n) is 0.898. The number of aliphatic carboxylic acids is 1. The van der Waals surface area contributed by atoms with E-state index in [1.807, 2.05) is 0 Å². The molecule has 6 nitrogen and oxygen atoms in total. The van der Waals surface area contributed by atoms with Crippen molar-refractivity contribution in [1.82, 2.24) is 0 Å². The number of carboxylic acids is 1. The first-order valence-electron chi connectivity index (χ1n) is 5.65. The van der Waals surface area contributed by atoms with Gasteiger partial charge in [0.05, 0.1) is 13.0 Å². The molecule has 0 radical (unpaired) electrons. The molecule has 0 aromatic heterocycles. The summed E-state index contributed by atoms with van der Waals surface area (Å²) in [6.07, 6.45) is 3.69. The molecule has 100 valence electrons. The molecule has 0 aromatic rings. The van der Waals surface area contributed by atoms with Crippen LogP contribution in [-0.4, -0.2) is 29.3 Å². The van der Waals surface area contributed by atoms with E-state index in [0.29, 0.717) is 6.42 Å². The third-order valence-corrected chi connectivity index (χ3v) is 1.87. The predicted molar refractivity (Wildman–Crippen MR) is 64.3 cm³/mol. The second kappa shape index (κ2) is 12.6. The summed E-state index contributed by atoms with van der Waals surface area (Å²) in [5, 5.41) is 8.06. The summed E-state index contributed by atoms with van der Waals surface area (Å²) in [4.78, 5) is 30.3. The topological polar surface area (TPSA) is 123 Å². The van der Waals surface area contributed by atoms with Gasteiger partial charge in [0.1, 0.15) is 5.78 Å². The Hall–Kier alpha value is -1.43. The molecule has 0 spiro atoms. The van der Waals surface area contributed by atoms with Gasteiger partial charge >= 0.3 is 5.97 Å². The molecule has 1 amide bonds. The molecule has 0 aliphatic heterocycles. The van der Waals surface area contributed by atoms with E-state index in [9.17, 15) is 14.4 Å². The highest BCUT2D eigenvalue weighted by atomic mass is 16.4. The molecular formula is C11H22N2O4. The van der Waals surface area contributed by atoms with E-state index in [2.05, 4.69) is 6.92 Å². The van der Waals surface area contributed by atoms with Gasteiger partial charge in [0.25, 0.3) is 0 Å². The maximum absolute atomic E-state index is 10.3. The summed E-state index contributed by atoms with van der Waals surface area (Å²) in [5.41, 5.74) is 9.81. The first kappa shape index (κ1) is 17.9. The Kier molecular flexibility index (Phi) is 13.3. The molecule has 0 aromatic carbocycles. The van der Waals surface area contributed by atoms with Crippen molar-refractivity contribution in [3.05, 3.63) is 0 Å². The number of carboxylic acid groups (broad SMARTS) is 1. The summed E-state index contributed by atoms with van der Waals surface area (Å²) >= 11 is 0. The molecule has 0 rings (SSSR count). The van der Waals surface area contributed by atoms with Crippen molar-refractivity contribution >= 4 is 17.7 Å². The third kappa shape index (κ3) is 20.6. The smallest absolute Gasteiger partial charge is 0.303 e. The number of primary amides is 1. The molecule has 0 saturated heterocycles. The summed E-state index contributed by atoms with van der Waals surface area (Å²) in [6.45, 7) is 2.04. The Labute approximate surface area is 101 Å². The molecule has 0 unspecified atom stereocenters. The average Bonchev–Trinajstić information content (AvgIpc) is 2.26. The van der Waals surface area contributed by atoms with Crippen LogP contribution in [0.15, 0.2) is 0 Å². The molecule has 0 atom stereocenters. The quantitative estimate of drug-likeness (QED) is 0.536. The second-order valence-electron chi connectivity index (χ2n) is 3.56. The fraction of sp³-hybridized carbons (Fsp3) is 0.727. The molecule has 0 heterocycles. The number of rotatable bonds is 8. The lowest BCUT2D eigenvalue weighted by Crippen LogP contribution is -2.14. The largest absolute Gasteiger partial charge is 0.481 e. The van der Waals surface area contributed by atoms with E-state index in [0.717, 1.165) is 19.3 Å². The number of carbonyl (C=O) groups is 3. The maximum Gasteiger partial charge on any atom is 0.303 e. The van der Waals surface area contributed by atoms with Gasteiger partial charge < -0.3 is 16.6 Å². The summed E-state index contributed by atoms with van der Waals surface area (Å²) in [5.74, 6) is -1.35. The number of Topliss-reactive ketones (excluding diaryl/α,β-unsaturated/α-hetero) is 1. The molecule has 0 aliphatic carbocycles. The predicted octanol–water partition coefficient (Wildman–Crippen LogP) is 0.431. The van der Waals surface area contributed by atoms with Crippen LogP contribution in [0.5, 0.6) is 0 Å². The van der Waals surface area contributed by atoms with Crippen molar-refractivity contribution in [2.75, 3.05) is 6.54 Å². The van der Waals surface area contributed by atoms with Gasteiger partial charge in [-0.2, -0.15) is 0 Å². The zero-order chi connectivity index (χ0) is 13.7. The number of amides is 1. The number of hydrogen-bond acceptors (Lipinski definition) is 4. The Balaban J connectivity index is 0. The number of ketones is 1. The summed E-state index contributed by atoms with van der Waals surface area (Å²) in [6, 6.07) is 0. The van der Waals surface area contributed by atoms with Crippen LogP contribution in [0.1, 0.15) is 45.4 Å². The van der Waals surface area contributed by atoms with Crippen LogP contribution in [0.4, 0.5) is 0 Å². The Bertz CT molecular complexity index is 242. The Morgan fingerprint density at radius 2 is 1.65 bits per heavy atom. The first-order chi connectivity index (χ1) is 7.93. The van der Waals surface area contributed by atoms with Crippen molar-refractivity contribution in [2.24, 2.45) is 11.5 Å². The Morgan fingerprint density at radius 3 is 2.00 bits per heavy atom. The van der Waals surface area contributed by atoms with Crippen LogP contribution in [0.2, 0.25) is 0 Å². The molecule has 0 bridgehead atoms. The highest BCUT2D eigenvalue weighted by molar-refractivity contribution is 5.83. The lowest BCUT2D eigenvalue weighted by molar-refractivity contribution is -0.138. The van der Waals surface area contributed by atoms with E-state index < -0.39 is 5.97 Å². The first-order valence-corrected chi connectivity index (χ1v) is 5.65. The van der Waals surface area contributed by atoms with Crippen molar-refractivity contribution < 1.29 is 19.5 Å². The fourth-order valence-corrected chi connectivity index (χ4v) is 0.898. The van der Waals surface area contributed by atoms with E-state index >= 15 is 0 Å². The van der Waals surface area contributed by atoms with Crippen molar-refractivity contribution in [3.63, 3.8) is 0 Å². The van der Waals surface area contributed by atoms with Gasteiger partial charge in [-0.1, -0.05) is 19.8 Å². The van der Waals surface area contributed by atoms with Crippen molar-refractivity contribution in [3.8, 4) is 0 Å². The molecule has 0 fully saturated rings. The van der Waals surface area contributed by atoms with Gasteiger partial charge in [0, 0.05) is 12.8 Å². The van der Waals surface area contributed by atoms with Crippen LogP contribution in [-0.2, 0) is 14.4 Å². The lowest BCUT2D eigenvalue weighted by atomic mass is 10.2. The third-order valence-electron chi connectivity index (χ3n) is 1.87. The standard InChI is InChI=1S/C6H13NO.C5H9NO3/c1-2-3-4-5-6(7)8;6-3-4(7)1-2-5(8)9/h2-5H2,1H3,(H2,7,8);1-3,6H2,(H,8,9). The second-order valence-corrected chi connectivity index (χ2v) is 3.56. The number of nitrogens with two attached hydrogens (primary N) is 2. The van der Waals surface area contributed by atoms with Crippen LogP contribution in [0, 0.1) is 0 Å². The van der Waals surface area contributed by atoms with E-state index in [1.54, 1.807) is 0 Å². The van der Waals surface area contributed by atoms with Crippen LogP contribution in [0.25, 0.3) is 0 Å². The molecule has 17 heavy (non-hydrogen) atoms. The molecule has 0 aliphatic rings. The number of unbranched alkanes of at least 4 members (excludes halogenated alkanes) is 2. The molecule has 0 saturated carbocycles. The zero-order valence-electron chi connectivity index (χ0n) is 10.3. The number of carbonyl (C=O) groups excluding carboxylic acids is 2. The highest BCUT2D eigenvalue weighted by Crippen LogP contribution is 1.96. The molecular weight excluding hydrogens is 224 g/mol. The SMILES string of the molecule is CCCCCC(N)=O.NCC(=O)CCC(=O)O. The zero-order valence-corrected chi connectivity index (χ0v) is 10.3. The van der Waals surface area contributed by atoms with Crippen LogP contribution < -0.4 is 11.5 Å². The monoisotopic (exact) mass is 246 g/mol. The van der Waals surface area contributed by atoms with Crippen LogP contribution >= 0.6 is 0 Å². The van der Waals surface area contributed by atoms with E-state index in [1.165, 1.54) is 0 Å². The summed E-state index contributed by atoms with van der Waals surface area (Å²) < 4.78 is 0. The average molecular weight is 246 g/mol. The van der Waals surface area contributed by atoms with E-state index in [-0.39, 0.29) is 31.1 Å². The molecule has 5 N–H and O–H groups in total.